The van der Waals surface area contributed by atoms with Gasteiger partial charge in [-0.1, -0.05) is 27.7 Å². The lowest BCUT2D eigenvalue weighted by atomic mass is 9.78. The summed E-state index contributed by atoms with van der Waals surface area (Å²) in [6, 6.07) is 0. The summed E-state index contributed by atoms with van der Waals surface area (Å²) in [5.41, 5.74) is 0.449. The van der Waals surface area contributed by atoms with E-state index in [4.69, 9.17) is 0 Å². The molecule has 4 heteroatoms. The minimum absolute atomic E-state index is 0.0124. The zero-order valence-corrected chi connectivity index (χ0v) is 28.7. The molecule has 0 aliphatic carbocycles. The molecule has 0 atom stereocenters. The summed E-state index contributed by atoms with van der Waals surface area (Å²) in [6.45, 7) is 42.8. The fourth-order valence-electron chi connectivity index (χ4n) is 8.01. The third kappa shape index (κ3) is 14.2. The Morgan fingerprint density at radius 1 is 0.378 bits per heavy atom. The van der Waals surface area contributed by atoms with Gasteiger partial charge in [0.25, 0.3) is 0 Å². The highest BCUT2D eigenvalue weighted by Gasteiger charge is 2.40. The highest BCUT2D eigenvalue weighted by Crippen LogP contribution is 2.33. The Morgan fingerprint density at radius 2 is 0.595 bits per heavy atom. The minimum atomic E-state index is 0.0124. The Labute approximate surface area is 235 Å². The molecule has 0 heterocycles. The van der Waals surface area contributed by atoms with Crippen LogP contribution in [0.3, 0.4) is 0 Å². The van der Waals surface area contributed by atoms with Gasteiger partial charge in [0.15, 0.2) is 0 Å². The van der Waals surface area contributed by atoms with Crippen LogP contribution in [0, 0.1) is 0 Å². The van der Waals surface area contributed by atoms with Crippen molar-refractivity contribution in [1.29, 1.82) is 0 Å². The van der Waals surface area contributed by atoms with E-state index in [9.17, 15) is 0 Å². The number of rotatable bonds is 20. The van der Waals surface area contributed by atoms with Crippen molar-refractivity contribution in [3.63, 3.8) is 0 Å². The maximum atomic E-state index is 4.09. The second-order valence-corrected chi connectivity index (χ2v) is 15.9. The molecule has 2 N–H and O–H groups in total. The molecule has 224 valence electrons. The van der Waals surface area contributed by atoms with Crippen molar-refractivity contribution in [1.82, 2.24) is 20.4 Å². The summed E-state index contributed by atoms with van der Waals surface area (Å²) < 4.78 is 0. The van der Waals surface area contributed by atoms with Crippen LogP contribution in [0.2, 0.25) is 0 Å². The third-order valence-corrected chi connectivity index (χ3v) is 7.67. The van der Waals surface area contributed by atoms with E-state index in [1.54, 1.807) is 0 Å². The predicted molar refractivity (Wildman–Crippen MR) is 169 cm³/mol. The predicted octanol–water partition coefficient (Wildman–Crippen LogP) is 8.25. The van der Waals surface area contributed by atoms with Crippen LogP contribution in [0.1, 0.15) is 156 Å². The number of hydrogen-bond donors (Lipinski definition) is 2. The van der Waals surface area contributed by atoms with Gasteiger partial charge in [0.05, 0.1) is 0 Å². The second-order valence-electron chi connectivity index (χ2n) is 15.9. The van der Waals surface area contributed by atoms with Crippen molar-refractivity contribution in [3.05, 3.63) is 0 Å². The van der Waals surface area contributed by atoms with Gasteiger partial charge in [-0.15, -0.1) is 0 Å². The van der Waals surface area contributed by atoms with E-state index in [0.717, 1.165) is 19.3 Å². The molecule has 4 nitrogen and oxygen atoms in total. The van der Waals surface area contributed by atoms with Crippen LogP contribution in [0.15, 0.2) is 0 Å². The van der Waals surface area contributed by atoms with E-state index in [0.29, 0.717) is 0 Å². The first-order chi connectivity index (χ1) is 16.6. The van der Waals surface area contributed by atoms with Crippen LogP contribution >= 0.6 is 0 Å². The molecule has 0 spiro atoms. The largest absolute Gasteiger partial charge is 0.307 e. The smallest absolute Gasteiger partial charge is 0.0170 e. The SMILES string of the molecule is CCCN(CCC)C(C)(C)CC(C)(C)NC(C)(C)CC(C)(C)NC(C)(C)CC(C)(C)N(CCC)CCC. The Kier molecular flexibility index (Phi) is 14.4. The first kappa shape index (κ1) is 36.8. The van der Waals surface area contributed by atoms with Crippen molar-refractivity contribution in [3.8, 4) is 0 Å². The van der Waals surface area contributed by atoms with Gasteiger partial charge < -0.3 is 10.6 Å². The van der Waals surface area contributed by atoms with E-state index in [2.05, 4.69) is 131 Å². The van der Waals surface area contributed by atoms with Gasteiger partial charge in [0.1, 0.15) is 0 Å². The Morgan fingerprint density at radius 3 is 0.811 bits per heavy atom. The van der Waals surface area contributed by atoms with Gasteiger partial charge in [-0.25, -0.2) is 0 Å². The third-order valence-electron chi connectivity index (χ3n) is 7.67. The lowest BCUT2D eigenvalue weighted by Crippen LogP contribution is -2.63. The van der Waals surface area contributed by atoms with Gasteiger partial charge in [0, 0.05) is 33.2 Å². The first-order valence-electron chi connectivity index (χ1n) is 15.7. The summed E-state index contributed by atoms with van der Waals surface area (Å²) in [6.07, 6.45) is 8.17. The Bertz CT molecular complexity index is 564. The maximum Gasteiger partial charge on any atom is 0.0170 e. The van der Waals surface area contributed by atoms with Crippen molar-refractivity contribution >= 4 is 0 Å². The molecule has 0 aromatic heterocycles. The molecule has 0 saturated heterocycles. The number of nitrogens with one attached hydrogen (secondary N) is 2. The van der Waals surface area contributed by atoms with Crippen molar-refractivity contribution in [2.24, 2.45) is 0 Å². The fourth-order valence-corrected chi connectivity index (χ4v) is 8.01. The van der Waals surface area contributed by atoms with Crippen LogP contribution in [-0.4, -0.2) is 69.2 Å². The molecule has 0 unspecified atom stereocenters. The van der Waals surface area contributed by atoms with Crippen molar-refractivity contribution in [2.45, 2.75) is 189 Å². The van der Waals surface area contributed by atoms with Gasteiger partial charge in [0.2, 0.25) is 0 Å². The van der Waals surface area contributed by atoms with Crippen LogP contribution in [0.4, 0.5) is 0 Å². The average Bonchev–Trinajstić information content (AvgIpc) is 2.62. The summed E-state index contributed by atoms with van der Waals surface area (Å²) >= 11 is 0. The van der Waals surface area contributed by atoms with E-state index in [1.807, 2.05) is 0 Å². The zero-order chi connectivity index (χ0) is 29.3. The monoisotopic (exact) mass is 525 g/mol. The minimum Gasteiger partial charge on any atom is -0.307 e. The maximum absolute atomic E-state index is 4.09. The van der Waals surface area contributed by atoms with Crippen LogP contribution < -0.4 is 10.6 Å². The lowest BCUT2D eigenvalue weighted by molar-refractivity contribution is 0.0623. The molecular weight excluding hydrogens is 452 g/mol. The number of hydrogen-bond acceptors (Lipinski definition) is 4. The standard InChI is InChI=1S/C33H72N4/c1-17-21-36(22-18-2)32(13,14)26-30(9,10)34-28(5,6)25-29(7,8)35-31(11,12)27-33(15,16)37(23-19-3)24-20-4/h34-35H,17-27H2,1-16H3. The Hall–Kier alpha value is -0.160. The molecule has 0 amide bonds. The molecule has 0 aliphatic rings. The molecular formula is C33H72N4. The number of nitrogens with zero attached hydrogens (tertiary/aromatic N) is 2. The summed E-state index contributed by atoms with van der Waals surface area (Å²) in [5, 5.41) is 8.19. The molecule has 0 saturated carbocycles. The molecule has 0 aromatic rings. The molecule has 37 heavy (non-hydrogen) atoms. The van der Waals surface area contributed by atoms with E-state index in [1.165, 1.54) is 51.9 Å². The van der Waals surface area contributed by atoms with Crippen molar-refractivity contribution in [2.75, 3.05) is 26.2 Å². The molecule has 0 aromatic carbocycles. The first-order valence-corrected chi connectivity index (χ1v) is 15.7. The van der Waals surface area contributed by atoms with Crippen molar-refractivity contribution < 1.29 is 0 Å². The highest BCUT2D eigenvalue weighted by atomic mass is 15.2. The molecule has 0 fully saturated rings. The molecule has 0 radical (unpaired) electrons. The lowest BCUT2D eigenvalue weighted by Gasteiger charge is -2.49. The van der Waals surface area contributed by atoms with E-state index >= 15 is 0 Å². The second kappa shape index (κ2) is 14.5. The van der Waals surface area contributed by atoms with Crippen LogP contribution in [-0.2, 0) is 0 Å². The van der Waals surface area contributed by atoms with Gasteiger partial charge >= 0.3 is 0 Å². The quantitative estimate of drug-likeness (QED) is 0.168. The summed E-state index contributed by atoms with van der Waals surface area (Å²) in [5.74, 6) is 0. The van der Waals surface area contributed by atoms with Gasteiger partial charge in [-0.3, -0.25) is 9.80 Å². The van der Waals surface area contributed by atoms with Crippen LogP contribution in [0.5, 0.6) is 0 Å². The molecule has 0 aliphatic heterocycles. The van der Waals surface area contributed by atoms with Gasteiger partial charge in [-0.2, -0.15) is 0 Å². The average molecular weight is 525 g/mol. The molecule has 0 rings (SSSR count). The topological polar surface area (TPSA) is 30.5 Å². The molecule has 0 bridgehead atoms. The fraction of sp³-hybridized carbons (Fsp3) is 1.00. The van der Waals surface area contributed by atoms with Gasteiger partial charge in [-0.05, 0) is 154 Å². The van der Waals surface area contributed by atoms with E-state index in [-0.39, 0.29) is 33.2 Å². The van der Waals surface area contributed by atoms with E-state index < -0.39 is 0 Å². The van der Waals surface area contributed by atoms with Crippen LogP contribution in [0.25, 0.3) is 0 Å². The summed E-state index contributed by atoms with van der Waals surface area (Å²) in [7, 11) is 0. The highest BCUT2D eigenvalue weighted by molar-refractivity contribution is 5.01. The summed E-state index contributed by atoms with van der Waals surface area (Å²) in [4.78, 5) is 5.39. The normalized spacial score (nSPS) is 14.8. The Balaban J connectivity index is 5.44. The zero-order valence-electron chi connectivity index (χ0n) is 28.7.